The fourth-order valence-corrected chi connectivity index (χ4v) is 1.44. The van der Waals surface area contributed by atoms with Gasteiger partial charge in [-0.1, -0.05) is 0 Å². The lowest BCUT2D eigenvalue weighted by Gasteiger charge is -1.99. The molecular weight excluding hydrogens is 208 g/mol. The van der Waals surface area contributed by atoms with Gasteiger partial charge in [-0.2, -0.15) is 5.10 Å². The van der Waals surface area contributed by atoms with E-state index >= 15 is 0 Å². The number of benzene rings is 1. The van der Waals surface area contributed by atoms with Crippen LogP contribution in [0.3, 0.4) is 0 Å². The van der Waals surface area contributed by atoms with Gasteiger partial charge >= 0.3 is 0 Å². The van der Waals surface area contributed by atoms with Crippen LogP contribution >= 0.6 is 0 Å². The van der Waals surface area contributed by atoms with Crippen LogP contribution in [0.25, 0.3) is 11.3 Å². The minimum absolute atomic E-state index is 0.0638. The van der Waals surface area contributed by atoms with E-state index in [1.54, 1.807) is 12.1 Å². The Morgan fingerprint density at radius 3 is 2.44 bits per heavy atom. The number of nitrogens with zero attached hydrogens (tertiary/aromatic N) is 2. The normalized spacial score (nSPS) is 10.3. The molecule has 0 aliphatic rings. The van der Waals surface area contributed by atoms with Crippen molar-refractivity contribution >= 4 is 11.5 Å². The molecule has 0 aliphatic heterocycles. The second kappa shape index (κ2) is 3.65. The average Bonchev–Trinajstić information content (AvgIpc) is 2.60. The van der Waals surface area contributed by atoms with Gasteiger partial charge in [-0.25, -0.2) is 0 Å². The van der Waals surface area contributed by atoms with Gasteiger partial charge in [0.25, 0.3) is 5.69 Å². The number of H-pyrrole nitrogens is 1. The smallest absolute Gasteiger partial charge is 0.269 e. The van der Waals surface area contributed by atoms with Crippen molar-refractivity contribution < 1.29 is 4.92 Å². The Morgan fingerprint density at radius 1 is 1.38 bits per heavy atom. The van der Waals surface area contributed by atoms with E-state index in [2.05, 4.69) is 10.2 Å². The lowest BCUT2D eigenvalue weighted by molar-refractivity contribution is -0.384. The quantitative estimate of drug-likeness (QED) is 0.593. The number of nitrogen functional groups attached to an aromatic ring is 1. The standard InChI is InChI=1S/C10H10N4O2/c1-6-9(12-13-10(6)11)7-2-4-8(5-3-7)14(15)16/h2-5H,1H3,(H3,11,12,13). The van der Waals surface area contributed by atoms with E-state index in [0.29, 0.717) is 5.82 Å². The lowest BCUT2D eigenvalue weighted by Crippen LogP contribution is -1.88. The molecule has 16 heavy (non-hydrogen) atoms. The molecule has 0 radical (unpaired) electrons. The number of nitrogens with one attached hydrogen (secondary N) is 1. The molecular formula is C10H10N4O2. The highest BCUT2D eigenvalue weighted by Gasteiger charge is 2.10. The first-order valence-electron chi connectivity index (χ1n) is 4.65. The zero-order valence-corrected chi connectivity index (χ0v) is 8.60. The van der Waals surface area contributed by atoms with E-state index in [9.17, 15) is 10.1 Å². The molecule has 0 saturated heterocycles. The first-order chi connectivity index (χ1) is 7.59. The first kappa shape index (κ1) is 10.2. The summed E-state index contributed by atoms with van der Waals surface area (Å²) in [6.07, 6.45) is 0. The molecule has 0 saturated carbocycles. The van der Waals surface area contributed by atoms with Crippen molar-refractivity contribution in [2.24, 2.45) is 0 Å². The van der Waals surface area contributed by atoms with Crippen LogP contribution in [0, 0.1) is 17.0 Å². The lowest BCUT2D eigenvalue weighted by atomic mass is 10.1. The Balaban J connectivity index is 2.42. The third-order valence-electron chi connectivity index (χ3n) is 2.41. The van der Waals surface area contributed by atoms with Crippen molar-refractivity contribution in [2.45, 2.75) is 6.92 Å². The highest BCUT2D eigenvalue weighted by Crippen LogP contribution is 2.25. The number of hydrogen-bond acceptors (Lipinski definition) is 4. The Hall–Kier alpha value is -2.37. The molecule has 1 aromatic heterocycles. The molecule has 6 heteroatoms. The molecule has 1 aromatic carbocycles. The summed E-state index contributed by atoms with van der Waals surface area (Å²) in [7, 11) is 0. The molecule has 3 N–H and O–H groups in total. The third-order valence-corrected chi connectivity index (χ3v) is 2.41. The van der Waals surface area contributed by atoms with Crippen LogP contribution < -0.4 is 5.73 Å². The van der Waals surface area contributed by atoms with Crippen LogP contribution in [0.2, 0.25) is 0 Å². The molecule has 0 aliphatic carbocycles. The van der Waals surface area contributed by atoms with Crippen molar-refractivity contribution in [3.8, 4) is 11.3 Å². The maximum Gasteiger partial charge on any atom is 0.269 e. The SMILES string of the molecule is Cc1c(N)n[nH]c1-c1ccc([N+](=O)[O-])cc1. The number of aromatic amines is 1. The molecule has 2 rings (SSSR count). The van der Waals surface area contributed by atoms with Gasteiger partial charge in [0.1, 0.15) is 5.82 Å². The Morgan fingerprint density at radius 2 is 2.00 bits per heavy atom. The summed E-state index contributed by atoms with van der Waals surface area (Å²) in [5.74, 6) is 0.438. The summed E-state index contributed by atoms with van der Waals surface area (Å²) >= 11 is 0. The zero-order valence-electron chi connectivity index (χ0n) is 8.60. The Kier molecular flexibility index (Phi) is 2.32. The summed E-state index contributed by atoms with van der Waals surface area (Å²) in [4.78, 5) is 10.1. The number of rotatable bonds is 2. The maximum absolute atomic E-state index is 10.5. The van der Waals surface area contributed by atoms with E-state index in [-0.39, 0.29) is 5.69 Å². The van der Waals surface area contributed by atoms with Gasteiger partial charge in [0.05, 0.1) is 10.6 Å². The number of non-ortho nitro benzene ring substituents is 1. The maximum atomic E-state index is 10.5. The molecule has 1 heterocycles. The fraction of sp³-hybridized carbons (Fsp3) is 0.100. The summed E-state index contributed by atoms with van der Waals surface area (Å²) in [6, 6.07) is 6.23. The van der Waals surface area contributed by atoms with Gasteiger partial charge in [-0.15, -0.1) is 0 Å². The zero-order chi connectivity index (χ0) is 11.7. The predicted molar refractivity (Wildman–Crippen MR) is 59.8 cm³/mol. The van der Waals surface area contributed by atoms with E-state index in [0.717, 1.165) is 16.8 Å². The van der Waals surface area contributed by atoms with E-state index < -0.39 is 4.92 Å². The molecule has 2 aromatic rings. The van der Waals surface area contributed by atoms with Gasteiger partial charge in [0.15, 0.2) is 0 Å². The number of nitro benzene ring substituents is 1. The number of nitro groups is 1. The highest BCUT2D eigenvalue weighted by atomic mass is 16.6. The number of nitrogens with two attached hydrogens (primary N) is 1. The van der Waals surface area contributed by atoms with Gasteiger partial charge in [0.2, 0.25) is 0 Å². The van der Waals surface area contributed by atoms with Crippen molar-refractivity contribution in [2.75, 3.05) is 5.73 Å². The van der Waals surface area contributed by atoms with E-state index in [1.807, 2.05) is 6.92 Å². The van der Waals surface area contributed by atoms with Crippen molar-refractivity contribution in [3.63, 3.8) is 0 Å². The molecule has 0 atom stereocenters. The minimum atomic E-state index is -0.433. The predicted octanol–water partition coefficient (Wildman–Crippen LogP) is 1.88. The van der Waals surface area contributed by atoms with Crippen LogP contribution in [0.4, 0.5) is 11.5 Å². The van der Waals surface area contributed by atoms with Crippen molar-refractivity contribution in [1.29, 1.82) is 0 Å². The third kappa shape index (κ3) is 1.60. The molecule has 0 spiro atoms. The van der Waals surface area contributed by atoms with Crippen LogP contribution in [-0.4, -0.2) is 15.1 Å². The second-order valence-electron chi connectivity index (χ2n) is 3.41. The van der Waals surface area contributed by atoms with Gasteiger partial charge in [0, 0.05) is 23.3 Å². The van der Waals surface area contributed by atoms with E-state index in [1.165, 1.54) is 12.1 Å². The molecule has 0 bridgehead atoms. The molecule has 0 amide bonds. The summed E-state index contributed by atoms with van der Waals surface area (Å²) < 4.78 is 0. The molecule has 0 fully saturated rings. The molecule has 6 nitrogen and oxygen atoms in total. The van der Waals surface area contributed by atoms with Crippen molar-refractivity contribution in [3.05, 3.63) is 39.9 Å². The average molecular weight is 218 g/mol. The largest absolute Gasteiger partial charge is 0.382 e. The summed E-state index contributed by atoms with van der Waals surface area (Å²) in [6.45, 7) is 1.84. The second-order valence-corrected chi connectivity index (χ2v) is 3.41. The molecule has 82 valence electrons. The first-order valence-corrected chi connectivity index (χ1v) is 4.65. The fourth-order valence-electron chi connectivity index (χ4n) is 1.44. The van der Waals surface area contributed by atoms with Gasteiger partial charge in [-0.05, 0) is 19.1 Å². The Bertz CT molecular complexity index is 530. The summed E-state index contributed by atoms with van der Waals surface area (Å²) in [5, 5.41) is 17.1. The van der Waals surface area contributed by atoms with Crippen LogP contribution in [0.15, 0.2) is 24.3 Å². The number of anilines is 1. The van der Waals surface area contributed by atoms with Gasteiger partial charge in [-0.3, -0.25) is 15.2 Å². The highest BCUT2D eigenvalue weighted by molar-refractivity contribution is 5.68. The Labute approximate surface area is 91.2 Å². The minimum Gasteiger partial charge on any atom is -0.382 e. The number of aromatic nitrogens is 2. The van der Waals surface area contributed by atoms with Crippen molar-refractivity contribution in [1.82, 2.24) is 10.2 Å². The molecule has 0 unspecified atom stereocenters. The van der Waals surface area contributed by atoms with Gasteiger partial charge < -0.3 is 5.73 Å². The number of hydrogen-bond donors (Lipinski definition) is 2. The van der Waals surface area contributed by atoms with Crippen LogP contribution in [0.5, 0.6) is 0 Å². The van der Waals surface area contributed by atoms with E-state index in [4.69, 9.17) is 5.73 Å². The van der Waals surface area contributed by atoms with Crippen LogP contribution in [0.1, 0.15) is 5.56 Å². The summed E-state index contributed by atoms with van der Waals surface area (Å²) in [5.41, 5.74) is 8.12. The monoisotopic (exact) mass is 218 g/mol. The topological polar surface area (TPSA) is 97.8 Å². The van der Waals surface area contributed by atoms with Crippen LogP contribution in [-0.2, 0) is 0 Å².